The van der Waals surface area contributed by atoms with Crippen molar-refractivity contribution < 1.29 is 9.13 Å². The monoisotopic (exact) mass is 432 g/mol. The molecular formula is C21H19Cl2FN4O. The van der Waals surface area contributed by atoms with Gasteiger partial charge in [0, 0.05) is 45.1 Å². The molecule has 0 amide bonds. The predicted octanol–water partition coefficient (Wildman–Crippen LogP) is 5.04. The van der Waals surface area contributed by atoms with E-state index < -0.39 is 0 Å². The molecule has 0 atom stereocenters. The summed E-state index contributed by atoms with van der Waals surface area (Å²) < 4.78 is 19.0. The zero-order valence-electron chi connectivity index (χ0n) is 15.6. The second-order valence-electron chi connectivity index (χ2n) is 6.75. The van der Waals surface area contributed by atoms with Gasteiger partial charge < -0.3 is 9.64 Å². The van der Waals surface area contributed by atoms with Crippen molar-refractivity contribution >= 4 is 29.0 Å². The Labute approximate surface area is 178 Å². The molecule has 1 fully saturated rings. The maximum atomic E-state index is 13.1. The van der Waals surface area contributed by atoms with Gasteiger partial charge in [0.25, 0.3) is 5.88 Å². The minimum Gasteiger partial charge on any atom is -0.436 e. The highest BCUT2D eigenvalue weighted by Crippen LogP contribution is 2.29. The van der Waals surface area contributed by atoms with Gasteiger partial charge in [0.1, 0.15) is 11.6 Å². The van der Waals surface area contributed by atoms with Crippen molar-refractivity contribution in [1.82, 2.24) is 14.9 Å². The SMILES string of the molecule is Fc1ccc(Oc2nccnc2N2CCN(Cc3ccc(Cl)c(Cl)c3)CC2)cc1. The Balaban J connectivity index is 1.40. The van der Waals surface area contributed by atoms with Crippen LogP contribution in [-0.2, 0) is 6.54 Å². The van der Waals surface area contributed by atoms with E-state index in [1.54, 1.807) is 24.5 Å². The second kappa shape index (κ2) is 8.95. The standard InChI is InChI=1S/C21H19Cl2FN4O/c22-18-6-1-15(13-19(18)23)14-27-9-11-28(12-10-27)20-21(26-8-7-25-20)29-17-4-2-16(24)3-5-17/h1-8,13H,9-12,14H2. The van der Waals surface area contributed by atoms with Gasteiger partial charge in [0.15, 0.2) is 5.82 Å². The molecule has 0 aliphatic carbocycles. The molecule has 8 heteroatoms. The zero-order chi connectivity index (χ0) is 20.2. The quantitative estimate of drug-likeness (QED) is 0.564. The lowest BCUT2D eigenvalue weighted by Crippen LogP contribution is -2.46. The number of nitrogens with zero attached hydrogens (tertiary/aromatic N) is 4. The third-order valence-electron chi connectivity index (χ3n) is 4.74. The third-order valence-corrected chi connectivity index (χ3v) is 5.48. The lowest BCUT2D eigenvalue weighted by Gasteiger charge is -2.35. The van der Waals surface area contributed by atoms with E-state index in [4.69, 9.17) is 27.9 Å². The van der Waals surface area contributed by atoms with Crippen molar-refractivity contribution in [3.63, 3.8) is 0 Å². The van der Waals surface area contributed by atoms with E-state index >= 15 is 0 Å². The Kier molecular flexibility index (Phi) is 6.13. The van der Waals surface area contributed by atoms with Crippen molar-refractivity contribution in [1.29, 1.82) is 0 Å². The number of hydrogen-bond acceptors (Lipinski definition) is 5. The number of ether oxygens (including phenoxy) is 1. The van der Waals surface area contributed by atoms with E-state index in [0.29, 0.717) is 27.5 Å². The van der Waals surface area contributed by atoms with Crippen molar-refractivity contribution in [3.05, 3.63) is 76.3 Å². The van der Waals surface area contributed by atoms with Crippen LogP contribution in [0, 0.1) is 5.82 Å². The van der Waals surface area contributed by atoms with Crippen LogP contribution in [0.15, 0.2) is 54.9 Å². The highest BCUT2D eigenvalue weighted by Gasteiger charge is 2.22. The first kappa shape index (κ1) is 19.9. The van der Waals surface area contributed by atoms with Gasteiger partial charge in [-0.1, -0.05) is 29.3 Å². The molecule has 2 heterocycles. The summed E-state index contributed by atoms with van der Waals surface area (Å²) in [6.07, 6.45) is 3.23. The highest BCUT2D eigenvalue weighted by molar-refractivity contribution is 6.42. The maximum absolute atomic E-state index is 13.1. The van der Waals surface area contributed by atoms with Gasteiger partial charge in [-0.25, -0.2) is 14.4 Å². The molecule has 1 aromatic heterocycles. The van der Waals surface area contributed by atoms with Crippen LogP contribution in [0.1, 0.15) is 5.56 Å². The molecule has 4 rings (SSSR count). The molecule has 0 saturated carbocycles. The molecule has 0 bridgehead atoms. The Morgan fingerprint density at radius 3 is 2.34 bits per heavy atom. The van der Waals surface area contributed by atoms with Crippen molar-refractivity contribution in [2.45, 2.75) is 6.54 Å². The first-order valence-electron chi connectivity index (χ1n) is 9.24. The van der Waals surface area contributed by atoms with Gasteiger partial charge in [-0.2, -0.15) is 0 Å². The van der Waals surface area contributed by atoms with Crippen LogP contribution < -0.4 is 9.64 Å². The van der Waals surface area contributed by atoms with Gasteiger partial charge >= 0.3 is 0 Å². The molecule has 1 saturated heterocycles. The summed E-state index contributed by atoms with van der Waals surface area (Å²) in [7, 11) is 0. The lowest BCUT2D eigenvalue weighted by molar-refractivity contribution is 0.248. The molecule has 1 aliphatic heterocycles. The van der Waals surface area contributed by atoms with Crippen LogP contribution in [0.25, 0.3) is 0 Å². The topological polar surface area (TPSA) is 41.5 Å². The molecule has 3 aromatic rings. The fourth-order valence-electron chi connectivity index (χ4n) is 3.24. The average Bonchev–Trinajstić information content (AvgIpc) is 2.74. The number of halogens is 3. The van der Waals surface area contributed by atoms with Crippen molar-refractivity contribution in [2.24, 2.45) is 0 Å². The smallest absolute Gasteiger partial charge is 0.263 e. The van der Waals surface area contributed by atoms with E-state index in [1.807, 2.05) is 18.2 Å². The summed E-state index contributed by atoms with van der Waals surface area (Å²) in [6.45, 7) is 4.13. The van der Waals surface area contributed by atoms with Crippen LogP contribution in [0.5, 0.6) is 11.6 Å². The number of anilines is 1. The van der Waals surface area contributed by atoms with Gasteiger partial charge in [-0.3, -0.25) is 4.90 Å². The van der Waals surface area contributed by atoms with E-state index in [9.17, 15) is 4.39 Å². The summed E-state index contributed by atoms with van der Waals surface area (Å²) in [5.41, 5.74) is 1.13. The van der Waals surface area contributed by atoms with Gasteiger partial charge in [0.2, 0.25) is 0 Å². The fourth-order valence-corrected chi connectivity index (χ4v) is 3.56. The number of aromatic nitrogens is 2. The van der Waals surface area contributed by atoms with Gasteiger partial charge in [-0.05, 0) is 42.0 Å². The molecular weight excluding hydrogens is 414 g/mol. The summed E-state index contributed by atoms with van der Waals surface area (Å²) in [5, 5.41) is 1.14. The molecule has 0 N–H and O–H groups in total. The highest BCUT2D eigenvalue weighted by atomic mass is 35.5. The van der Waals surface area contributed by atoms with Gasteiger partial charge in [0.05, 0.1) is 10.0 Å². The summed E-state index contributed by atoms with van der Waals surface area (Å²) in [6, 6.07) is 11.6. The summed E-state index contributed by atoms with van der Waals surface area (Å²) in [4.78, 5) is 13.3. The normalized spacial score (nSPS) is 14.8. The van der Waals surface area contributed by atoms with Crippen LogP contribution >= 0.6 is 23.2 Å². The molecule has 150 valence electrons. The maximum Gasteiger partial charge on any atom is 0.263 e. The van der Waals surface area contributed by atoms with Crippen LogP contribution in [0.4, 0.5) is 10.2 Å². The number of rotatable bonds is 5. The van der Waals surface area contributed by atoms with Crippen LogP contribution in [-0.4, -0.2) is 41.0 Å². The molecule has 1 aliphatic rings. The molecule has 0 unspecified atom stereocenters. The number of hydrogen-bond donors (Lipinski definition) is 0. The zero-order valence-corrected chi connectivity index (χ0v) is 17.1. The van der Waals surface area contributed by atoms with Crippen molar-refractivity contribution in [3.8, 4) is 11.6 Å². The van der Waals surface area contributed by atoms with Gasteiger partial charge in [-0.15, -0.1) is 0 Å². The molecule has 0 spiro atoms. The summed E-state index contributed by atoms with van der Waals surface area (Å²) in [5.74, 6) is 1.31. The number of piperazine rings is 1. The van der Waals surface area contributed by atoms with Crippen LogP contribution in [0.2, 0.25) is 10.0 Å². The lowest BCUT2D eigenvalue weighted by atomic mass is 10.2. The Bertz CT molecular complexity index is 979. The largest absolute Gasteiger partial charge is 0.436 e. The molecule has 0 radical (unpaired) electrons. The first-order valence-corrected chi connectivity index (χ1v) is 10.00. The molecule has 5 nitrogen and oxygen atoms in total. The Hall–Kier alpha value is -2.41. The number of benzene rings is 2. The Morgan fingerprint density at radius 1 is 0.897 bits per heavy atom. The van der Waals surface area contributed by atoms with E-state index in [-0.39, 0.29) is 5.82 Å². The second-order valence-corrected chi connectivity index (χ2v) is 7.57. The average molecular weight is 433 g/mol. The Morgan fingerprint density at radius 2 is 1.62 bits per heavy atom. The van der Waals surface area contributed by atoms with E-state index in [1.165, 1.54) is 12.1 Å². The molecule has 2 aromatic carbocycles. The van der Waals surface area contributed by atoms with Crippen molar-refractivity contribution in [2.75, 3.05) is 31.1 Å². The summed E-state index contributed by atoms with van der Waals surface area (Å²) >= 11 is 12.1. The predicted molar refractivity (Wildman–Crippen MR) is 112 cm³/mol. The minimum absolute atomic E-state index is 0.310. The van der Waals surface area contributed by atoms with E-state index in [0.717, 1.165) is 38.3 Å². The first-order chi connectivity index (χ1) is 14.1. The molecule has 29 heavy (non-hydrogen) atoms. The minimum atomic E-state index is -0.310. The van der Waals surface area contributed by atoms with E-state index in [2.05, 4.69) is 19.8 Å². The third kappa shape index (κ3) is 4.96. The van der Waals surface area contributed by atoms with Crippen LogP contribution in [0.3, 0.4) is 0 Å². The fraction of sp³-hybridized carbons (Fsp3) is 0.238.